The van der Waals surface area contributed by atoms with Gasteiger partial charge in [-0.25, -0.2) is 4.79 Å². The summed E-state index contributed by atoms with van der Waals surface area (Å²) in [5.41, 5.74) is -0.415. The Balaban J connectivity index is 1.68. The number of carbonyl (C=O) groups excluding carboxylic acids is 1. The van der Waals surface area contributed by atoms with Crippen LogP contribution in [0.1, 0.15) is 53.4 Å². The number of carbonyl (C=O) groups is 1. The fourth-order valence-electron chi connectivity index (χ4n) is 3.49. The van der Waals surface area contributed by atoms with Crippen LogP contribution in [0.5, 0.6) is 0 Å². The fourth-order valence-corrected chi connectivity index (χ4v) is 3.49. The van der Waals surface area contributed by atoms with Crippen LogP contribution < -0.4 is 5.32 Å². The summed E-state index contributed by atoms with van der Waals surface area (Å²) in [7, 11) is 0. The summed E-state index contributed by atoms with van der Waals surface area (Å²) < 4.78 is 11.1. The Morgan fingerprint density at radius 2 is 2.00 bits per heavy atom. The minimum Gasteiger partial charge on any atom is -0.444 e. The fraction of sp³-hybridized carbons (Fsp3) is 0.944. The molecular formula is C18H34N2O3. The summed E-state index contributed by atoms with van der Waals surface area (Å²) in [4.78, 5) is 14.1. The molecule has 5 nitrogen and oxygen atoms in total. The molecule has 0 saturated carbocycles. The predicted molar refractivity (Wildman–Crippen MR) is 91.5 cm³/mol. The van der Waals surface area contributed by atoms with Crippen LogP contribution in [-0.4, -0.2) is 55.5 Å². The molecule has 2 aliphatic rings. The molecule has 3 atom stereocenters. The first kappa shape index (κ1) is 18.5. The van der Waals surface area contributed by atoms with Gasteiger partial charge in [0.25, 0.3) is 0 Å². The monoisotopic (exact) mass is 326 g/mol. The quantitative estimate of drug-likeness (QED) is 0.863. The maximum atomic E-state index is 12.2. The van der Waals surface area contributed by atoms with E-state index in [1.807, 2.05) is 25.7 Å². The van der Waals surface area contributed by atoms with E-state index >= 15 is 0 Å². The van der Waals surface area contributed by atoms with Crippen LogP contribution in [0.2, 0.25) is 0 Å². The average Bonchev–Trinajstić information content (AvgIpc) is 2.46. The van der Waals surface area contributed by atoms with Crippen molar-refractivity contribution in [1.82, 2.24) is 10.2 Å². The number of likely N-dealkylation sites (tertiary alicyclic amines) is 1. The number of hydrogen-bond donors (Lipinski definition) is 1. The number of rotatable bonds is 4. The molecule has 1 amide bonds. The Morgan fingerprint density at radius 3 is 2.70 bits per heavy atom. The first-order valence-electron chi connectivity index (χ1n) is 9.14. The van der Waals surface area contributed by atoms with Gasteiger partial charge in [-0.1, -0.05) is 0 Å². The Hall–Kier alpha value is -0.810. The summed E-state index contributed by atoms with van der Waals surface area (Å²) in [5, 5.41) is 3.62. The minimum absolute atomic E-state index is 0.166. The van der Waals surface area contributed by atoms with Gasteiger partial charge in [0.2, 0.25) is 0 Å². The molecule has 0 aromatic heterocycles. The van der Waals surface area contributed by atoms with Gasteiger partial charge < -0.3 is 19.7 Å². The number of amides is 1. The molecule has 0 spiro atoms. The van der Waals surface area contributed by atoms with E-state index in [1.54, 1.807) is 0 Å². The van der Waals surface area contributed by atoms with Gasteiger partial charge in [0.15, 0.2) is 0 Å². The number of ether oxygens (including phenoxy) is 2. The van der Waals surface area contributed by atoms with Gasteiger partial charge in [-0.15, -0.1) is 0 Å². The third-order valence-corrected chi connectivity index (χ3v) is 4.63. The Bertz CT molecular complexity index is 381. The van der Waals surface area contributed by atoms with Crippen LogP contribution in [0.4, 0.5) is 4.79 Å². The van der Waals surface area contributed by atoms with Crippen LogP contribution in [-0.2, 0) is 9.47 Å². The molecule has 0 aromatic carbocycles. The number of nitrogens with zero attached hydrogens (tertiary/aromatic N) is 1. The second kappa shape index (κ2) is 8.34. The van der Waals surface area contributed by atoms with E-state index in [0.717, 1.165) is 58.0 Å². The number of nitrogens with one attached hydrogen (secondary N) is 1. The summed E-state index contributed by atoms with van der Waals surface area (Å²) in [6, 6.07) is 0. The van der Waals surface area contributed by atoms with Crippen LogP contribution in [0.25, 0.3) is 0 Å². The summed E-state index contributed by atoms with van der Waals surface area (Å²) in [6.07, 6.45) is 4.80. The molecule has 0 aromatic rings. The molecule has 1 N–H and O–H groups in total. The van der Waals surface area contributed by atoms with E-state index in [0.29, 0.717) is 12.0 Å². The molecule has 2 heterocycles. The van der Waals surface area contributed by atoms with Crippen molar-refractivity contribution in [3.05, 3.63) is 0 Å². The summed E-state index contributed by atoms with van der Waals surface area (Å²) in [6.45, 7) is 12.5. The Kier molecular flexibility index (Phi) is 6.72. The normalized spacial score (nSPS) is 29.4. The lowest BCUT2D eigenvalue weighted by Gasteiger charge is -2.34. The molecule has 0 radical (unpaired) electrons. The van der Waals surface area contributed by atoms with Gasteiger partial charge in [0.05, 0.1) is 6.10 Å². The van der Waals surface area contributed by atoms with E-state index in [2.05, 4.69) is 12.2 Å². The SMILES string of the molecule is C[C@@H]1C[C@@H](CNC[C@@H]2CCCN(C(=O)OC(C)(C)C)C2)CCO1. The van der Waals surface area contributed by atoms with Gasteiger partial charge in [0, 0.05) is 19.7 Å². The van der Waals surface area contributed by atoms with Crippen molar-refractivity contribution in [3.63, 3.8) is 0 Å². The van der Waals surface area contributed by atoms with Crippen LogP contribution >= 0.6 is 0 Å². The van der Waals surface area contributed by atoms with Gasteiger partial charge in [-0.05, 0) is 78.3 Å². The number of hydrogen-bond acceptors (Lipinski definition) is 4. The molecule has 2 aliphatic heterocycles. The molecule has 2 saturated heterocycles. The Morgan fingerprint density at radius 1 is 1.26 bits per heavy atom. The van der Waals surface area contributed by atoms with E-state index in [9.17, 15) is 4.79 Å². The lowest BCUT2D eigenvalue weighted by atomic mass is 9.95. The van der Waals surface area contributed by atoms with Crippen molar-refractivity contribution in [1.29, 1.82) is 0 Å². The zero-order valence-electron chi connectivity index (χ0n) is 15.3. The van der Waals surface area contributed by atoms with E-state index in [1.165, 1.54) is 6.42 Å². The highest BCUT2D eigenvalue weighted by Gasteiger charge is 2.27. The first-order valence-corrected chi connectivity index (χ1v) is 9.14. The second-order valence-corrected chi connectivity index (χ2v) is 8.16. The zero-order chi connectivity index (χ0) is 16.9. The standard InChI is InChI=1S/C18H34N2O3/c1-14-10-15(7-9-22-14)11-19-12-16-6-5-8-20(13-16)17(21)23-18(2,3)4/h14-16,19H,5-13H2,1-4H3/t14-,15+,16+/m1/s1. The maximum Gasteiger partial charge on any atom is 0.410 e. The van der Waals surface area contributed by atoms with Gasteiger partial charge in [-0.2, -0.15) is 0 Å². The number of piperidine rings is 1. The molecule has 5 heteroatoms. The van der Waals surface area contributed by atoms with Crippen molar-refractivity contribution in [2.24, 2.45) is 11.8 Å². The highest BCUT2D eigenvalue weighted by Crippen LogP contribution is 2.21. The molecule has 0 unspecified atom stereocenters. The zero-order valence-corrected chi connectivity index (χ0v) is 15.3. The summed E-state index contributed by atoms with van der Waals surface area (Å²) >= 11 is 0. The Labute approximate surface area is 141 Å². The molecule has 2 fully saturated rings. The highest BCUT2D eigenvalue weighted by molar-refractivity contribution is 5.68. The van der Waals surface area contributed by atoms with Gasteiger partial charge in [-0.3, -0.25) is 0 Å². The van der Waals surface area contributed by atoms with Crippen molar-refractivity contribution < 1.29 is 14.3 Å². The molecule has 0 bridgehead atoms. The third-order valence-electron chi connectivity index (χ3n) is 4.63. The van der Waals surface area contributed by atoms with Crippen LogP contribution in [0.3, 0.4) is 0 Å². The largest absolute Gasteiger partial charge is 0.444 e. The topological polar surface area (TPSA) is 50.8 Å². The average molecular weight is 326 g/mol. The first-order chi connectivity index (χ1) is 10.8. The predicted octanol–water partition coefficient (Wildman–Crippen LogP) is 3.04. The van der Waals surface area contributed by atoms with Crippen molar-refractivity contribution >= 4 is 6.09 Å². The molecule has 134 valence electrons. The van der Waals surface area contributed by atoms with E-state index in [-0.39, 0.29) is 6.09 Å². The van der Waals surface area contributed by atoms with Crippen molar-refractivity contribution in [3.8, 4) is 0 Å². The third kappa shape index (κ3) is 6.68. The van der Waals surface area contributed by atoms with E-state index in [4.69, 9.17) is 9.47 Å². The highest BCUT2D eigenvalue weighted by atomic mass is 16.6. The second-order valence-electron chi connectivity index (χ2n) is 8.16. The summed E-state index contributed by atoms with van der Waals surface area (Å²) in [5.74, 6) is 1.26. The minimum atomic E-state index is -0.415. The van der Waals surface area contributed by atoms with Gasteiger partial charge >= 0.3 is 6.09 Å². The van der Waals surface area contributed by atoms with Crippen molar-refractivity contribution in [2.45, 2.75) is 65.1 Å². The lowest BCUT2D eigenvalue weighted by Crippen LogP contribution is -2.45. The van der Waals surface area contributed by atoms with E-state index < -0.39 is 5.60 Å². The lowest BCUT2D eigenvalue weighted by molar-refractivity contribution is 0.00209. The smallest absolute Gasteiger partial charge is 0.410 e. The maximum absolute atomic E-state index is 12.2. The van der Waals surface area contributed by atoms with Crippen LogP contribution in [0.15, 0.2) is 0 Å². The molecule has 2 rings (SSSR count). The molecule has 0 aliphatic carbocycles. The van der Waals surface area contributed by atoms with Crippen molar-refractivity contribution in [2.75, 3.05) is 32.8 Å². The van der Waals surface area contributed by atoms with Crippen LogP contribution in [0, 0.1) is 11.8 Å². The molecular weight excluding hydrogens is 292 g/mol. The molecule has 23 heavy (non-hydrogen) atoms. The van der Waals surface area contributed by atoms with Gasteiger partial charge in [0.1, 0.15) is 5.60 Å².